The molecule has 0 spiro atoms. The summed E-state index contributed by atoms with van der Waals surface area (Å²) < 4.78 is 11.4. The standard InChI is InChI=1S/C27H42N2O2/c1-3-5-7-9-10-14-24-15-17-25(18-16-24)27-28-22-26(23-29-27)31-21-13-12-20-30-19-11-8-6-4-2/h15-18,22-23H,3-14,19-21H2,1-2H3. The molecule has 4 nitrogen and oxygen atoms in total. The highest BCUT2D eigenvalue weighted by molar-refractivity contribution is 5.55. The molecule has 0 fully saturated rings. The molecule has 0 atom stereocenters. The molecule has 2 aromatic rings. The molecule has 31 heavy (non-hydrogen) atoms. The average molecular weight is 427 g/mol. The van der Waals surface area contributed by atoms with E-state index in [2.05, 4.69) is 48.1 Å². The van der Waals surface area contributed by atoms with E-state index in [1.165, 1.54) is 63.4 Å². The lowest BCUT2D eigenvalue weighted by Crippen LogP contribution is -2.02. The highest BCUT2D eigenvalue weighted by Gasteiger charge is 2.03. The van der Waals surface area contributed by atoms with Crippen molar-refractivity contribution in [2.24, 2.45) is 0 Å². The molecule has 0 radical (unpaired) electrons. The van der Waals surface area contributed by atoms with Crippen LogP contribution in [-0.4, -0.2) is 29.8 Å². The molecule has 172 valence electrons. The van der Waals surface area contributed by atoms with Crippen LogP contribution in [-0.2, 0) is 11.2 Å². The number of aryl methyl sites for hydroxylation is 1. The molecule has 0 bridgehead atoms. The van der Waals surface area contributed by atoms with Crippen molar-refractivity contribution < 1.29 is 9.47 Å². The van der Waals surface area contributed by atoms with Gasteiger partial charge in [-0.1, -0.05) is 83.1 Å². The van der Waals surface area contributed by atoms with E-state index in [4.69, 9.17) is 9.47 Å². The number of nitrogens with zero attached hydrogens (tertiary/aromatic N) is 2. The quantitative estimate of drug-likeness (QED) is 0.233. The fourth-order valence-electron chi connectivity index (χ4n) is 3.52. The third-order valence-electron chi connectivity index (χ3n) is 5.50. The Kier molecular flexibility index (Phi) is 13.7. The molecule has 0 aliphatic carbocycles. The average Bonchev–Trinajstić information content (AvgIpc) is 2.81. The predicted molar refractivity (Wildman–Crippen MR) is 130 cm³/mol. The van der Waals surface area contributed by atoms with Crippen molar-refractivity contribution in [1.82, 2.24) is 9.97 Å². The lowest BCUT2D eigenvalue weighted by atomic mass is 10.0. The number of rotatable bonds is 18. The van der Waals surface area contributed by atoms with Gasteiger partial charge in [0.05, 0.1) is 19.0 Å². The Bertz CT molecular complexity index is 671. The van der Waals surface area contributed by atoms with E-state index < -0.39 is 0 Å². The molecule has 2 rings (SSSR count). The molecular formula is C27H42N2O2. The topological polar surface area (TPSA) is 44.2 Å². The molecule has 0 saturated carbocycles. The Hall–Kier alpha value is -1.94. The van der Waals surface area contributed by atoms with Crippen molar-refractivity contribution in [3.63, 3.8) is 0 Å². The van der Waals surface area contributed by atoms with Gasteiger partial charge in [0.15, 0.2) is 11.6 Å². The first-order valence-electron chi connectivity index (χ1n) is 12.5. The van der Waals surface area contributed by atoms with Gasteiger partial charge in [0.2, 0.25) is 0 Å². The largest absolute Gasteiger partial charge is 0.490 e. The van der Waals surface area contributed by atoms with E-state index in [-0.39, 0.29) is 0 Å². The Labute approximate surface area is 189 Å². The van der Waals surface area contributed by atoms with E-state index in [0.717, 1.165) is 49.6 Å². The maximum Gasteiger partial charge on any atom is 0.159 e. The summed E-state index contributed by atoms with van der Waals surface area (Å²) in [4.78, 5) is 8.96. The van der Waals surface area contributed by atoms with Crippen LogP contribution in [0.5, 0.6) is 5.75 Å². The summed E-state index contributed by atoms with van der Waals surface area (Å²) >= 11 is 0. The number of hydrogen-bond donors (Lipinski definition) is 0. The summed E-state index contributed by atoms with van der Waals surface area (Å²) in [5.41, 5.74) is 2.45. The third kappa shape index (κ3) is 11.3. The van der Waals surface area contributed by atoms with Crippen LogP contribution >= 0.6 is 0 Å². The summed E-state index contributed by atoms with van der Waals surface area (Å²) in [6.45, 7) is 6.87. The first-order valence-corrected chi connectivity index (χ1v) is 12.5. The number of hydrogen-bond acceptors (Lipinski definition) is 4. The molecule has 0 amide bonds. The zero-order valence-electron chi connectivity index (χ0n) is 19.8. The number of aromatic nitrogens is 2. The van der Waals surface area contributed by atoms with Gasteiger partial charge in [-0.25, -0.2) is 9.97 Å². The van der Waals surface area contributed by atoms with E-state index in [9.17, 15) is 0 Å². The Morgan fingerprint density at radius 1 is 0.645 bits per heavy atom. The van der Waals surface area contributed by atoms with Crippen molar-refractivity contribution >= 4 is 0 Å². The summed E-state index contributed by atoms with van der Waals surface area (Å²) in [6, 6.07) is 8.66. The molecule has 4 heteroatoms. The van der Waals surface area contributed by atoms with Crippen molar-refractivity contribution in [2.75, 3.05) is 19.8 Å². The maximum absolute atomic E-state index is 5.77. The van der Waals surface area contributed by atoms with E-state index in [0.29, 0.717) is 6.61 Å². The minimum Gasteiger partial charge on any atom is -0.490 e. The highest BCUT2D eigenvalue weighted by atomic mass is 16.5. The Morgan fingerprint density at radius 2 is 1.23 bits per heavy atom. The van der Waals surface area contributed by atoms with Crippen molar-refractivity contribution in [3.8, 4) is 17.1 Å². The summed E-state index contributed by atoms with van der Waals surface area (Å²) in [6.07, 6.45) is 18.3. The van der Waals surface area contributed by atoms with Crippen LogP contribution in [0, 0.1) is 0 Å². The molecule has 1 heterocycles. The lowest BCUT2D eigenvalue weighted by Gasteiger charge is -2.07. The van der Waals surface area contributed by atoms with Crippen LogP contribution in [0.4, 0.5) is 0 Å². The van der Waals surface area contributed by atoms with E-state index in [1.54, 1.807) is 12.4 Å². The highest BCUT2D eigenvalue weighted by Crippen LogP contribution is 2.18. The third-order valence-corrected chi connectivity index (χ3v) is 5.50. The fourth-order valence-corrected chi connectivity index (χ4v) is 3.52. The Morgan fingerprint density at radius 3 is 1.90 bits per heavy atom. The van der Waals surface area contributed by atoms with Crippen molar-refractivity contribution in [1.29, 1.82) is 0 Å². The number of ether oxygens (including phenoxy) is 2. The minimum absolute atomic E-state index is 0.675. The van der Waals surface area contributed by atoms with E-state index >= 15 is 0 Å². The van der Waals surface area contributed by atoms with Gasteiger partial charge in [-0.15, -0.1) is 0 Å². The van der Waals surface area contributed by atoms with Gasteiger partial charge in [0.25, 0.3) is 0 Å². The molecular weight excluding hydrogens is 384 g/mol. The summed E-state index contributed by atoms with van der Waals surface area (Å²) in [5, 5.41) is 0. The second kappa shape index (κ2) is 16.7. The normalized spacial score (nSPS) is 11.0. The number of unbranched alkanes of at least 4 members (excludes halogenated alkanes) is 8. The van der Waals surface area contributed by atoms with Crippen molar-refractivity contribution in [2.45, 2.75) is 90.9 Å². The van der Waals surface area contributed by atoms with Crippen LogP contribution < -0.4 is 4.74 Å². The fraction of sp³-hybridized carbons (Fsp3) is 0.630. The second-order valence-corrected chi connectivity index (χ2v) is 8.33. The summed E-state index contributed by atoms with van der Waals surface area (Å²) in [7, 11) is 0. The molecule has 1 aromatic carbocycles. The van der Waals surface area contributed by atoms with Gasteiger partial charge in [0.1, 0.15) is 0 Å². The van der Waals surface area contributed by atoms with Crippen LogP contribution in [0.2, 0.25) is 0 Å². The second-order valence-electron chi connectivity index (χ2n) is 8.33. The Balaban J connectivity index is 1.60. The van der Waals surface area contributed by atoms with Crippen LogP contribution in [0.25, 0.3) is 11.4 Å². The molecule has 0 aliphatic rings. The predicted octanol–water partition coefficient (Wildman–Crippen LogP) is 7.41. The molecule has 0 N–H and O–H groups in total. The molecule has 0 aliphatic heterocycles. The summed E-state index contributed by atoms with van der Waals surface area (Å²) in [5.74, 6) is 1.48. The first kappa shape index (κ1) is 25.3. The molecule has 0 saturated heterocycles. The smallest absolute Gasteiger partial charge is 0.159 e. The monoisotopic (exact) mass is 426 g/mol. The van der Waals surface area contributed by atoms with Gasteiger partial charge < -0.3 is 9.47 Å². The van der Waals surface area contributed by atoms with Crippen LogP contribution in [0.1, 0.15) is 90.0 Å². The van der Waals surface area contributed by atoms with Crippen LogP contribution in [0.15, 0.2) is 36.7 Å². The van der Waals surface area contributed by atoms with Gasteiger partial charge in [-0.05, 0) is 37.7 Å². The SMILES string of the molecule is CCCCCCCc1ccc(-c2ncc(OCCCCOCCCCCC)cn2)cc1. The van der Waals surface area contributed by atoms with Crippen LogP contribution in [0.3, 0.4) is 0 Å². The zero-order valence-corrected chi connectivity index (χ0v) is 19.8. The van der Waals surface area contributed by atoms with Gasteiger partial charge in [0, 0.05) is 18.8 Å². The number of benzene rings is 1. The first-order chi connectivity index (χ1) is 15.3. The van der Waals surface area contributed by atoms with Gasteiger partial charge in [-0.2, -0.15) is 0 Å². The van der Waals surface area contributed by atoms with Gasteiger partial charge >= 0.3 is 0 Å². The molecule has 0 unspecified atom stereocenters. The minimum atomic E-state index is 0.675. The zero-order chi connectivity index (χ0) is 22.0. The lowest BCUT2D eigenvalue weighted by molar-refractivity contribution is 0.122. The maximum atomic E-state index is 5.77. The van der Waals surface area contributed by atoms with Crippen molar-refractivity contribution in [3.05, 3.63) is 42.2 Å². The molecule has 1 aromatic heterocycles. The van der Waals surface area contributed by atoms with E-state index in [1.807, 2.05) is 0 Å². The van der Waals surface area contributed by atoms with Gasteiger partial charge in [-0.3, -0.25) is 0 Å².